The second-order valence-electron chi connectivity index (χ2n) is 8.47. The Morgan fingerprint density at radius 1 is 0.875 bits per heavy atom. The molecule has 0 saturated carbocycles. The van der Waals surface area contributed by atoms with E-state index in [2.05, 4.69) is 69.0 Å². The molecule has 0 unspecified atom stereocenters. The fourth-order valence-corrected chi connectivity index (χ4v) is 4.33. The summed E-state index contributed by atoms with van der Waals surface area (Å²) in [5.41, 5.74) is 6.45. The lowest BCUT2D eigenvalue weighted by Crippen LogP contribution is -2.27. The summed E-state index contributed by atoms with van der Waals surface area (Å²) in [5, 5.41) is 6.00. The van der Waals surface area contributed by atoms with Gasteiger partial charge in [0.15, 0.2) is 0 Å². The minimum absolute atomic E-state index is 0.0226. The van der Waals surface area contributed by atoms with Crippen LogP contribution in [0.5, 0.6) is 0 Å². The molecule has 0 saturated heterocycles. The molecule has 0 radical (unpaired) electrons. The summed E-state index contributed by atoms with van der Waals surface area (Å²) in [7, 11) is 0. The van der Waals surface area contributed by atoms with Crippen molar-refractivity contribution in [2.75, 3.05) is 13.1 Å². The van der Waals surface area contributed by atoms with E-state index in [9.17, 15) is 4.79 Å². The number of hydrogen-bond donors (Lipinski definition) is 0. The first-order chi connectivity index (χ1) is 15.5. The Hall–Kier alpha value is -3.18. The number of rotatable bonds is 8. The molecule has 0 aliphatic heterocycles. The average molecular weight is 429 g/mol. The van der Waals surface area contributed by atoms with Crippen molar-refractivity contribution in [2.24, 2.45) is 0 Å². The van der Waals surface area contributed by atoms with Crippen molar-refractivity contribution in [2.45, 2.75) is 47.3 Å². The molecule has 2 heterocycles. The van der Waals surface area contributed by atoms with Crippen LogP contribution in [0.25, 0.3) is 11.0 Å². The zero-order valence-electron chi connectivity index (χ0n) is 19.5. The summed E-state index contributed by atoms with van der Waals surface area (Å²) in [5.74, 6) is 0. The van der Waals surface area contributed by atoms with Crippen LogP contribution >= 0.6 is 0 Å². The SMILES string of the molecule is CCN(CC)Cc1cc(=O)n(Cc2ccc(C)cc2)c2c1c(C)nn2Cc1ccccc1. The fraction of sp³-hybridized carbons (Fsp3) is 0.333. The topological polar surface area (TPSA) is 43.1 Å². The van der Waals surface area contributed by atoms with Crippen molar-refractivity contribution in [3.63, 3.8) is 0 Å². The van der Waals surface area contributed by atoms with Gasteiger partial charge in [0.05, 0.1) is 18.8 Å². The second-order valence-corrected chi connectivity index (χ2v) is 8.47. The second kappa shape index (κ2) is 9.53. The van der Waals surface area contributed by atoms with E-state index in [1.54, 1.807) is 0 Å². The number of fused-ring (bicyclic) bond motifs is 1. The number of benzene rings is 2. The van der Waals surface area contributed by atoms with Gasteiger partial charge < -0.3 is 0 Å². The lowest BCUT2D eigenvalue weighted by molar-refractivity contribution is 0.296. The van der Waals surface area contributed by atoms with Gasteiger partial charge in [-0.2, -0.15) is 5.10 Å². The zero-order valence-corrected chi connectivity index (χ0v) is 19.5. The van der Waals surface area contributed by atoms with Crippen molar-refractivity contribution in [1.82, 2.24) is 19.2 Å². The van der Waals surface area contributed by atoms with Crippen LogP contribution in [-0.2, 0) is 19.6 Å². The monoisotopic (exact) mass is 428 g/mol. The predicted molar refractivity (Wildman–Crippen MR) is 131 cm³/mol. The first-order valence-electron chi connectivity index (χ1n) is 11.4. The largest absolute Gasteiger partial charge is 0.300 e. The van der Waals surface area contributed by atoms with Crippen LogP contribution in [0, 0.1) is 13.8 Å². The third-order valence-corrected chi connectivity index (χ3v) is 6.17. The van der Waals surface area contributed by atoms with E-state index in [1.807, 2.05) is 33.5 Å². The van der Waals surface area contributed by atoms with Crippen molar-refractivity contribution in [3.8, 4) is 0 Å². The summed E-state index contributed by atoms with van der Waals surface area (Å²) in [4.78, 5) is 15.7. The van der Waals surface area contributed by atoms with Gasteiger partial charge in [-0.1, -0.05) is 74.0 Å². The third-order valence-electron chi connectivity index (χ3n) is 6.17. The number of nitrogens with zero attached hydrogens (tertiary/aromatic N) is 4. The maximum absolute atomic E-state index is 13.4. The average Bonchev–Trinajstić information content (AvgIpc) is 3.12. The highest BCUT2D eigenvalue weighted by Gasteiger charge is 2.19. The van der Waals surface area contributed by atoms with Crippen molar-refractivity contribution in [1.29, 1.82) is 0 Å². The highest BCUT2D eigenvalue weighted by Crippen LogP contribution is 2.24. The molecule has 4 rings (SSSR count). The van der Waals surface area contributed by atoms with E-state index < -0.39 is 0 Å². The lowest BCUT2D eigenvalue weighted by atomic mass is 10.1. The van der Waals surface area contributed by atoms with E-state index >= 15 is 0 Å². The van der Waals surface area contributed by atoms with Crippen LogP contribution in [0.2, 0.25) is 0 Å². The van der Waals surface area contributed by atoms with Crippen molar-refractivity contribution < 1.29 is 0 Å². The molecule has 0 atom stereocenters. The number of aromatic nitrogens is 3. The summed E-state index contributed by atoms with van der Waals surface area (Å²) >= 11 is 0. The van der Waals surface area contributed by atoms with E-state index in [0.29, 0.717) is 13.1 Å². The molecular formula is C27H32N4O. The molecule has 0 bridgehead atoms. The molecule has 5 nitrogen and oxygen atoms in total. The van der Waals surface area contributed by atoms with Gasteiger partial charge in [-0.15, -0.1) is 0 Å². The predicted octanol–water partition coefficient (Wildman–Crippen LogP) is 4.75. The van der Waals surface area contributed by atoms with Gasteiger partial charge in [-0.25, -0.2) is 4.68 Å². The molecule has 2 aromatic carbocycles. The van der Waals surface area contributed by atoms with Gasteiger partial charge in [0.25, 0.3) is 5.56 Å². The van der Waals surface area contributed by atoms with Gasteiger partial charge in [-0.3, -0.25) is 14.3 Å². The van der Waals surface area contributed by atoms with E-state index in [-0.39, 0.29) is 5.56 Å². The first-order valence-corrected chi connectivity index (χ1v) is 11.4. The smallest absolute Gasteiger partial charge is 0.252 e. The summed E-state index contributed by atoms with van der Waals surface area (Å²) < 4.78 is 3.88. The van der Waals surface area contributed by atoms with Crippen molar-refractivity contribution >= 4 is 11.0 Å². The molecule has 0 fully saturated rings. The van der Waals surface area contributed by atoms with Crippen molar-refractivity contribution in [3.05, 3.63) is 99.0 Å². The molecule has 0 amide bonds. The molecule has 0 N–H and O–H groups in total. The minimum Gasteiger partial charge on any atom is -0.300 e. The van der Waals surface area contributed by atoms with Crippen LogP contribution in [0.1, 0.15) is 41.8 Å². The minimum atomic E-state index is 0.0226. The summed E-state index contributed by atoms with van der Waals surface area (Å²) in [6.07, 6.45) is 0. The Morgan fingerprint density at radius 2 is 1.53 bits per heavy atom. The van der Waals surface area contributed by atoms with E-state index in [0.717, 1.165) is 47.5 Å². The molecule has 4 aromatic rings. The van der Waals surface area contributed by atoms with Crippen LogP contribution in [0.3, 0.4) is 0 Å². The Kier molecular flexibility index (Phi) is 6.56. The van der Waals surface area contributed by atoms with Crippen LogP contribution in [0.4, 0.5) is 0 Å². The van der Waals surface area contributed by atoms with Gasteiger partial charge >= 0.3 is 0 Å². The number of pyridine rings is 1. The highest BCUT2D eigenvalue weighted by atomic mass is 16.1. The van der Waals surface area contributed by atoms with Crippen LogP contribution < -0.4 is 5.56 Å². The summed E-state index contributed by atoms with van der Waals surface area (Å²) in [6.45, 7) is 12.3. The van der Waals surface area contributed by atoms with E-state index in [1.165, 1.54) is 11.1 Å². The standard InChI is InChI=1S/C27H32N4O/c1-5-29(6-2)19-24-16-25(32)30(17-23-14-12-20(3)13-15-23)27-26(24)21(4)28-31(27)18-22-10-8-7-9-11-22/h7-16H,5-6,17-19H2,1-4H3. The summed E-state index contributed by atoms with van der Waals surface area (Å²) in [6, 6.07) is 20.5. The Labute approximate surface area is 189 Å². The van der Waals surface area contributed by atoms with Gasteiger partial charge in [0, 0.05) is 18.0 Å². The molecule has 5 heteroatoms. The number of aryl methyl sites for hydroxylation is 2. The lowest BCUT2D eigenvalue weighted by Gasteiger charge is -2.20. The van der Waals surface area contributed by atoms with E-state index in [4.69, 9.17) is 5.10 Å². The first kappa shape index (κ1) is 22.0. The Morgan fingerprint density at radius 3 is 2.19 bits per heavy atom. The quantitative estimate of drug-likeness (QED) is 0.407. The normalized spacial score (nSPS) is 11.5. The Bertz CT molecular complexity index is 1250. The maximum Gasteiger partial charge on any atom is 0.252 e. The zero-order chi connectivity index (χ0) is 22.7. The molecule has 2 aromatic heterocycles. The molecule has 32 heavy (non-hydrogen) atoms. The molecule has 0 aliphatic rings. The van der Waals surface area contributed by atoms with Gasteiger partial charge in [0.1, 0.15) is 5.65 Å². The maximum atomic E-state index is 13.4. The van der Waals surface area contributed by atoms with Crippen LogP contribution in [-0.4, -0.2) is 32.3 Å². The third kappa shape index (κ3) is 4.53. The van der Waals surface area contributed by atoms with Gasteiger partial charge in [0.2, 0.25) is 0 Å². The fourth-order valence-electron chi connectivity index (χ4n) is 4.33. The Balaban J connectivity index is 1.89. The molecule has 166 valence electrons. The highest BCUT2D eigenvalue weighted by molar-refractivity contribution is 5.82. The van der Waals surface area contributed by atoms with Gasteiger partial charge in [-0.05, 0) is 43.6 Å². The molecular weight excluding hydrogens is 396 g/mol. The molecule has 0 aliphatic carbocycles. The molecule has 0 spiro atoms. The van der Waals surface area contributed by atoms with Crippen LogP contribution in [0.15, 0.2) is 65.5 Å². The number of hydrogen-bond acceptors (Lipinski definition) is 3.